The van der Waals surface area contributed by atoms with Crippen LogP contribution in [0.5, 0.6) is 0 Å². The molecule has 3 amide bonds. The first-order valence-corrected chi connectivity index (χ1v) is 4.10. The van der Waals surface area contributed by atoms with Gasteiger partial charge in [-0.3, -0.25) is 4.79 Å². The average Bonchev–Trinajstić information content (AvgIpc) is 1.81. The van der Waals surface area contributed by atoms with Crippen LogP contribution in [0.4, 0.5) is 4.79 Å². The fourth-order valence-corrected chi connectivity index (χ4v) is 0.757. The predicted octanol–water partition coefficient (Wildman–Crippen LogP) is -0.0421. The van der Waals surface area contributed by atoms with Crippen LogP contribution in [-0.4, -0.2) is 23.5 Å². The molecule has 0 aromatic rings. The highest BCUT2D eigenvalue weighted by molar-refractivity contribution is 5.86. The SMILES string of the molecule is CC(NC(N)=O)C(=O)NC(C)(C)C. The van der Waals surface area contributed by atoms with Crippen molar-refractivity contribution in [2.24, 2.45) is 5.73 Å². The van der Waals surface area contributed by atoms with E-state index in [9.17, 15) is 9.59 Å². The second-order valence-corrected chi connectivity index (χ2v) is 3.97. The van der Waals surface area contributed by atoms with E-state index in [2.05, 4.69) is 10.6 Å². The Hall–Kier alpha value is -1.26. The highest BCUT2D eigenvalue weighted by atomic mass is 16.2. The largest absolute Gasteiger partial charge is 0.352 e. The lowest BCUT2D eigenvalue weighted by atomic mass is 10.1. The molecule has 0 radical (unpaired) electrons. The molecule has 1 atom stereocenters. The van der Waals surface area contributed by atoms with E-state index in [0.29, 0.717) is 0 Å². The minimum Gasteiger partial charge on any atom is -0.352 e. The van der Waals surface area contributed by atoms with Crippen molar-refractivity contribution >= 4 is 11.9 Å². The van der Waals surface area contributed by atoms with Gasteiger partial charge in [0.25, 0.3) is 0 Å². The van der Waals surface area contributed by atoms with Crippen LogP contribution in [0.3, 0.4) is 0 Å². The molecule has 0 saturated carbocycles. The Bertz CT molecular complexity index is 208. The summed E-state index contributed by atoms with van der Waals surface area (Å²) < 4.78 is 0. The van der Waals surface area contributed by atoms with Crippen molar-refractivity contribution in [1.29, 1.82) is 0 Å². The lowest BCUT2D eigenvalue weighted by Gasteiger charge is -2.23. The number of hydrogen-bond acceptors (Lipinski definition) is 2. The third-order valence-electron chi connectivity index (χ3n) is 1.25. The van der Waals surface area contributed by atoms with Gasteiger partial charge in [-0.2, -0.15) is 0 Å². The van der Waals surface area contributed by atoms with E-state index in [1.54, 1.807) is 6.92 Å². The summed E-state index contributed by atoms with van der Waals surface area (Å²) in [5, 5.41) is 5.01. The molecular formula is C8H17N3O2. The Morgan fingerprint density at radius 3 is 2.08 bits per heavy atom. The molecule has 5 heteroatoms. The summed E-state index contributed by atoms with van der Waals surface area (Å²) in [6.45, 7) is 7.16. The normalized spacial score (nSPS) is 13.2. The van der Waals surface area contributed by atoms with Crippen LogP contribution in [0.2, 0.25) is 0 Å². The van der Waals surface area contributed by atoms with Gasteiger partial charge in [0.1, 0.15) is 6.04 Å². The molecule has 0 saturated heterocycles. The molecule has 13 heavy (non-hydrogen) atoms. The Kier molecular flexibility index (Phi) is 3.71. The van der Waals surface area contributed by atoms with Gasteiger partial charge in [0, 0.05) is 5.54 Å². The number of nitrogens with one attached hydrogen (secondary N) is 2. The number of urea groups is 1. The molecule has 5 nitrogen and oxygen atoms in total. The van der Waals surface area contributed by atoms with Crippen molar-refractivity contribution in [2.45, 2.75) is 39.3 Å². The molecule has 0 aliphatic heterocycles. The number of nitrogens with two attached hydrogens (primary N) is 1. The number of amides is 3. The van der Waals surface area contributed by atoms with E-state index in [1.807, 2.05) is 20.8 Å². The van der Waals surface area contributed by atoms with E-state index in [-0.39, 0.29) is 11.4 Å². The first kappa shape index (κ1) is 11.7. The molecule has 1 unspecified atom stereocenters. The number of hydrogen-bond donors (Lipinski definition) is 3. The summed E-state index contributed by atoms with van der Waals surface area (Å²) in [4.78, 5) is 21.7. The van der Waals surface area contributed by atoms with Crippen molar-refractivity contribution in [1.82, 2.24) is 10.6 Å². The van der Waals surface area contributed by atoms with Gasteiger partial charge < -0.3 is 16.4 Å². The lowest BCUT2D eigenvalue weighted by molar-refractivity contribution is -0.123. The van der Waals surface area contributed by atoms with Crippen LogP contribution in [-0.2, 0) is 4.79 Å². The van der Waals surface area contributed by atoms with Crippen LogP contribution < -0.4 is 16.4 Å². The fraction of sp³-hybridized carbons (Fsp3) is 0.750. The van der Waals surface area contributed by atoms with Crippen LogP contribution in [0.25, 0.3) is 0 Å². The predicted molar refractivity (Wildman–Crippen MR) is 50.1 cm³/mol. The van der Waals surface area contributed by atoms with Crippen LogP contribution in [0.1, 0.15) is 27.7 Å². The molecule has 4 N–H and O–H groups in total. The molecule has 0 aromatic carbocycles. The summed E-state index contributed by atoms with van der Waals surface area (Å²) in [7, 11) is 0. The van der Waals surface area contributed by atoms with Gasteiger partial charge in [0.2, 0.25) is 5.91 Å². The van der Waals surface area contributed by atoms with Crippen LogP contribution in [0, 0.1) is 0 Å². The third kappa shape index (κ3) is 5.95. The van der Waals surface area contributed by atoms with E-state index in [0.717, 1.165) is 0 Å². The summed E-state index contributed by atoms with van der Waals surface area (Å²) in [6.07, 6.45) is 0. The van der Waals surface area contributed by atoms with E-state index in [1.165, 1.54) is 0 Å². The van der Waals surface area contributed by atoms with Crippen LogP contribution in [0.15, 0.2) is 0 Å². The van der Waals surface area contributed by atoms with E-state index in [4.69, 9.17) is 5.73 Å². The third-order valence-corrected chi connectivity index (χ3v) is 1.25. The number of carbonyl (C=O) groups is 2. The average molecular weight is 187 g/mol. The topological polar surface area (TPSA) is 84.2 Å². The number of primary amides is 1. The minimum atomic E-state index is -0.698. The molecule has 0 aliphatic rings. The van der Waals surface area contributed by atoms with Crippen molar-refractivity contribution in [2.75, 3.05) is 0 Å². The van der Waals surface area contributed by atoms with Crippen molar-refractivity contribution in [3.05, 3.63) is 0 Å². The molecule has 0 spiro atoms. The Labute approximate surface area is 78.1 Å². The first-order valence-electron chi connectivity index (χ1n) is 4.10. The molecule has 0 aliphatic carbocycles. The zero-order valence-corrected chi connectivity index (χ0v) is 8.47. The van der Waals surface area contributed by atoms with Crippen molar-refractivity contribution in [3.8, 4) is 0 Å². The second kappa shape index (κ2) is 4.11. The van der Waals surface area contributed by atoms with Gasteiger partial charge in [-0.25, -0.2) is 4.79 Å². The van der Waals surface area contributed by atoms with Gasteiger partial charge in [0.15, 0.2) is 0 Å². The van der Waals surface area contributed by atoms with Crippen LogP contribution >= 0.6 is 0 Å². The maximum atomic E-state index is 11.3. The highest BCUT2D eigenvalue weighted by Crippen LogP contribution is 1.98. The maximum Gasteiger partial charge on any atom is 0.312 e. The summed E-state index contributed by atoms with van der Waals surface area (Å²) >= 11 is 0. The van der Waals surface area contributed by atoms with E-state index >= 15 is 0 Å². The Balaban J connectivity index is 4.05. The summed E-state index contributed by atoms with van der Waals surface area (Å²) in [5.74, 6) is -0.244. The molecule has 76 valence electrons. The highest BCUT2D eigenvalue weighted by Gasteiger charge is 2.19. The van der Waals surface area contributed by atoms with Gasteiger partial charge in [-0.1, -0.05) is 0 Å². The zero-order valence-electron chi connectivity index (χ0n) is 8.47. The Morgan fingerprint density at radius 2 is 1.77 bits per heavy atom. The first-order chi connectivity index (χ1) is 5.72. The number of rotatable bonds is 2. The number of carbonyl (C=O) groups excluding carboxylic acids is 2. The quantitative estimate of drug-likeness (QED) is 0.566. The van der Waals surface area contributed by atoms with Gasteiger partial charge in [-0.15, -0.1) is 0 Å². The van der Waals surface area contributed by atoms with Crippen molar-refractivity contribution in [3.63, 3.8) is 0 Å². The van der Waals surface area contributed by atoms with Crippen molar-refractivity contribution < 1.29 is 9.59 Å². The molecule has 0 rings (SSSR count). The fourth-order valence-electron chi connectivity index (χ4n) is 0.757. The Morgan fingerprint density at radius 1 is 1.31 bits per heavy atom. The van der Waals surface area contributed by atoms with Gasteiger partial charge >= 0.3 is 6.03 Å². The summed E-state index contributed by atoms with van der Waals surface area (Å²) in [5.41, 5.74) is 4.56. The summed E-state index contributed by atoms with van der Waals surface area (Å²) in [6, 6.07) is -1.30. The molecule has 0 bridgehead atoms. The monoisotopic (exact) mass is 187 g/mol. The van der Waals surface area contributed by atoms with Gasteiger partial charge in [0.05, 0.1) is 0 Å². The zero-order chi connectivity index (χ0) is 10.6. The minimum absolute atomic E-state index is 0.244. The molecule has 0 fully saturated rings. The smallest absolute Gasteiger partial charge is 0.312 e. The molecule has 0 heterocycles. The van der Waals surface area contributed by atoms with E-state index < -0.39 is 12.1 Å². The molecule has 0 aromatic heterocycles. The second-order valence-electron chi connectivity index (χ2n) is 3.97. The lowest BCUT2D eigenvalue weighted by Crippen LogP contribution is -2.51. The molecular weight excluding hydrogens is 170 g/mol. The maximum absolute atomic E-state index is 11.3. The van der Waals surface area contributed by atoms with Gasteiger partial charge in [-0.05, 0) is 27.7 Å². The standard InChI is InChI=1S/C8H17N3O2/c1-5(10-7(9)13)6(12)11-8(2,3)4/h5H,1-4H3,(H,11,12)(H3,9,10,13).